The predicted molar refractivity (Wildman–Crippen MR) is 73.5 cm³/mol. The van der Waals surface area contributed by atoms with Gasteiger partial charge in [-0.2, -0.15) is 0 Å². The topological polar surface area (TPSA) is 12.0 Å². The van der Waals surface area contributed by atoms with Gasteiger partial charge in [-0.15, -0.1) is 0 Å². The van der Waals surface area contributed by atoms with E-state index in [2.05, 4.69) is 53.9 Å². The fourth-order valence-electron chi connectivity index (χ4n) is 2.33. The molecule has 0 bridgehead atoms. The van der Waals surface area contributed by atoms with Crippen molar-refractivity contribution in [3.8, 4) is 0 Å². The second-order valence-electron chi connectivity index (χ2n) is 4.36. The van der Waals surface area contributed by atoms with Gasteiger partial charge in [0.25, 0.3) is 0 Å². The van der Waals surface area contributed by atoms with E-state index in [1.807, 2.05) is 0 Å². The van der Waals surface area contributed by atoms with Crippen LogP contribution in [-0.4, -0.2) is 13.1 Å². The van der Waals surface area contributed by atoms with Gasteiger partial charge < -0.3 is 5.32 Å². The van der Waals surface area contributed by atoms with Crippen molar-refractivity contribution in [1.29, 1.82) is 0 Å². The summed E-state index contributed by atoms with van der Waals surface area (Å²) in [5, 5.41) is 3.53. The smallest absolute Gasteiger partial charge is 0.0162 e. The Morgan fingerprint density at radius 3 is 3.00 bits per heavy atom. The molecule has 0 amide bonds. The van der Waals surface area contributed by atoms with Crippen molar-refractivity contribution in [1.82, 2.24) is 5.32 Å². The number of hydrogen-bond donors (Lipinski definition) is 1. The van der Waals surface area contributed by atoms with Crippen molar-refractivity contribution in [3.63, 3.8) is 0 Å². The fraction of sp³-hybridized carbons (Fsp3) is 0.538. The van der Waals surface area contributed by atoms with Crippen LogP contribution in [0.3, 0.4) is 0 Å². The van der Waals surface area contributed by atoms with E-state index in [1.165, 1.54) is 22.0 Å². The molecule has 1 nitrogen and oxygen atoms in total. The van der Waals surface area contributed by atoms with E-state index in [4.69, 9.17) is 0 Å². The van der Waals surface area contributed by atoms with E-state index in [9.17, 15) is 0 Å². The molecule has 1 unspecified atom stereocenters. The van der Waals surface area contributed by atoms with Gasteiger partial charge in [-0.1, -0.05) is 13.0 Å². The summed E-state index contributed by atoms with van der Waals surface area (Å²) in [5.74, 6) is 0.705. The minimum Gasteiger partial charge on any atom is -0.316 e. The molecule has 1 aliphatic heterocycles. The second kappa shape index (κ2) is 4.83. The van der Waals surface area contributed by atoms with Crippen molar-refractivity contribution in [2.24, 2.45) is 0 Å². The Hall–Kier alpha value is -0.0900. The zero-order valence-electron chi connectivity index (χ0n) is 9.44. The van der Waals surface area contributed by atoms with Crippen molar-refractivity contribution in [3.05, 3.63) is 32.4 Å². The summed E-state index contributed by atoms with van der Waals surface area (Å²) in [4.78, 5) is 0. The van der Waals surface area contributed by atoms with Crippen LogP contribution in [0.1, 0.15) is 36.0 Å². The summed E-state index contributed by atoms with van der Waals surface area (Å²) in [6, 6.07) is 4.78. The van der Waals surface area contributed by atoms with E-state index in [0.29, 0.717) is 5.92 Å². The highest BCUT2D eigenvalue weighted by molar-refractivity contribution is 14.1. The van der Waals surface area contributed by atoms with E-state index in [-0.39, 0.29) is 0 Å². The van der Waals surface area contributed by atoms with Crippen LogP contribution < -0.4 is 5.32 Å². The van der Waals surface area contributed by atoms with E-state index in [1.54, 1.807) is 11.1 Å². The summed E-state index contributed by atoms with van der Waals surface area (Å²) in [7, 11) is 0. The lowest BCUT2D eigenvalue weighted by atomic mass is 9.91. The van der Waals surface area contributed by atoms with Crippen molar-refractivity contribution in [2.75, 3.05) is 13.1 Å². The minimum absolute atomic E-state index is 0.705. The Morgan fingerprint density at radius 2 is 2.27 bits per heavy atom. The molecule has 1 N–H and O–H groups in total. The van der Waals surface area contributed by atoms with Crippen LogP contribution in [-0.2, 0) is 6.42 Å². The molecule has 1 aliphatic rings. The van der Waals surface area contributed by atoms with Crippen LogP contribution in [0.4, 0.5) is 0 Å². The average molecular weight is 315 g/mol. The van der Waals surface area contributed by atoms with Crippen molar-refractivity contribution < 1.29 is 0 Å². The first-order valence-electron chi connectivity index (χ1n) is 5.72. The average Bonchev–Trinajstić information content (AvgIpc) is 2.41. The zero-order valence-corrected chi connectivity index (χ0v) is 11.6. The predicted octanol–water partition coefficient (Wildman–Crippen LogP) is 3.24. The van der Waals surface area contributed by atoms with Crippen LogP contribution in [0.5, 0.6) is 0 Å². The summed E-state index contributed by atoms with van der Waals surface area (Å²) in [5.41, 5.74) is 4.56. The molecule has 0 aliphatic carbocycles. The van der Waals surface area contributed by atoms with Crippen LogP contribution in [0.2, 0.25) is 0 Å². The molecule has 0 spiro atoms. The van der Waals surface area contributed by atoms with Crippen LogP contribution in [0, 0.1) is 10.5 Å². The Bertz CT molecular complexity index is 360. The third-order valence-electron chi connectivity index (χ3n) is 3.31. The molecule has 0 saturated carbocycles. The Labute approximate surface area is 106 Å². The quantitative estimate of drug-likeness (QED) is 0.785. The summed E-state index contributed by atoms with van der Waals surface area (Å²) in [6.07, 6.45) is 2.42. The molecule has 1 aromatic carbocycles. The maximum Gasteiger partial charge on any atom is 0.0162 e. The summed E-state index contributed by atoms with van der Waals surface area (Å²) in [6.45, 7) is 6.77. The molecule has 0 aromatic heterocycles. The van der Waals surface area contributed by atoms with Gasteiger partial charge in [0.05, 0.1) is 0 Å². The first kappa shape index (κ1) is 11.4. The van der Waals surface area contributed by atoms with Crippen molar-refractivity contribution in [2.45, 2.75) is 32.6 Å². The highest BCUT2D eigenvalue weighted by Crippen LogP contribution is 2.28. The number of rotatable bonds is 1. The second-order valence-corrected chi connectivity index (χ2v) is 5.52. The standard InChI is InChI=1S/C13H18IN/c1-3-10-8-15-5-4-11-6-9(2)13(14)7-12(10)11/h6-7,10,15H,3-5,8H2,1-2H3. The highest BCUT2D eigenvalue weighted by Gasteiger charge is 2.17. The normalized spacial score (nSPS) is 20.9. The molecule has 1 aromatic rings. The van der Waals surface area contributed by atoms with Gasteiger partial charge >= 0.3 is 0 Å². The molecule has 2 rings (SSSR count). The first-order valence-corrected chi connectivity index (χ1v) is 6.80. The van der Waals surface area contributed by atoms with Crippen molar-refractivity contribution >= 4 is 22.6 Å². The summed E-state index contributed by atoms with van der Waals surface area (Å²) < 4.78 is 1.41. The first-order chi connectivity index (χ1) is 7.22. The van der Waals surface area contributed by atoms with Gasteiger partial charge in [-0.3, -0.25) is 0 Å². The maximum atomic E-state index is 3.53. The van der Waals surface area contributed by atoms with Crippen LogP contribution in [0.25, 0.3) is 0 Å². The fourth-order valence-corrected chi connectivity index (χ4v) is 2.82. The number of benzene rings is 1. The molecule has 1 heterocycles. The van der Waals surface area contributed by atoms with E-state index in [0.717, 1.165) is 13.1 Å². The largest absolute Gasteiger partial charge is 0.316 e. The minimum atomic E-state index is 0.705. The number of halogens is 1. The highest BCUT2D eigenvalue weighted by atomic mass is 127. The molecule has 0 radical (unpaired) electrons. The van der Waals surface area contributed by atoms with Crippen LogP contribution in [0.15, 0.2) is 12.1 Å². The van der Waals surface area contributed by atoms with Gasteiger partial charge in [-0.25, -0.2) is 0 Å². The van der Waals surface area contributed by atoms with E-state index < -0.39 is 0 Å². The van der Waals surface area contributed by atoms with Gasteiger partial charge in [0, 0.05) is 10.1 Å². The molecule has 15 heavy (non-hydrogen) atoms. The summed E-state index contributed by atoms with van der Waals surface area (Å²) >= 11 is 2.45. The third kappa shape index (κ3) is 2.36. The number of fused-ring (bicyclic) bond motifs is 1. The molecule has 0 fully saturated rings. The lowest BCUT2D eigenvalue weighted by Gasteiger charge is -2.16. The molecular formula is C13H18IN. The molecular weight excluding hydrogens is 297 g/mol. The third-order valence-corrected chi connectivity index (χ3v) is 4.48. The van der Waals surface area contributed by atoms with Gasteiger partial charge in [0.2, 0.25) is 0 Å². The SMILES string of the molecule is CCC1CNCCc2cc(C)c(I)cc21. The lowest BCUT2D eigenvalue weighted by Crippen LogP contribution is -2.19. The molecule has 1 atom stereocenters. The van der Waals surface area contributed by atoms with Gasteiger partial charge in [0.1, 0.15) is 0 Å². The Kier molecular flexibility index (Phi) is 3.67. The Balaban J connectivity index is 2.46. The van der Waals surface area contributed by atoms with Gasteiger partial charge in [0.15, 0.2) is 0 Å². The number of hydrogen-bond acceptors (Lipinski definition) is 1. The monoisotopic (exact) mass is 315 g/mol. The van der Waals surface area contributed by atoms with Gasteiger partial charge in [-0.05, 0) is 77.6 Å². The zero-order chi connectivity index (χ0) is 10.8. The van der Waals surface area contributed by atoms with Crippen LogP contribution >= 0.6 is 22.6 Å². The Morgan fingerprint density at radius 1 is 1.47 bits per heavy atom. The lowest BCUT2D eigenvalue weighted by molar-refractivity contribution is 0.594. The molecule has 82 valence electrons. The number of nitrogens with one attached hydrogen (secondary N) is 1. The molecule has 0 saturated heterocycles. The van der Waals surface area contributed by atoms with E-state index >= 15 is 0 Å². The maximum absolute atomic E-state index is 3.53. The molecule has 2 heteroatoms. The number of aryl methyl sites for hydroxylation is 1.